The lowest BCUT2D eigenvalue weighted by Gasteiger charge is -2.14. The highest BCUT2D eigenvalue weighted by atomic mass is 79.9. The fraction of sp³-hybridized carbons (Fsp3) is 0.261. The van der Waals surface area contributed by atoms with Gasteiger partial charge in [0.2, 0.25) is 0 Å². The van der Waals surface area contributed by atoms with E-state index in [1.165, 1.54) is 0 Å². The quantitative estimate of drug-likeness (QED) is 0.288. The molecule has 1 fully saturated rings. The van der Waals surface area contributed by atoms with E-state index >= 15 is 0 Å². The van der Waals surface area contributed by atoms with Gasteiger partial charge in [-0.1, -0.05) is 60.4 Å². The van der Waals surface area contributed by atoms with Crippen LogP contribution in [0.1, 0.15) is 32.3 Å². The predicted molar refractivity (Wildman–Crippen MR) is 109 cm³/mol. The molecule has 130 valence electrons. The Balaban J connectivity index is 1.79. The number of carbonyl (C=O) groups is 1. The maximum atomic E-state index is 12.0. The number of rotatable bonds is 1. The number of fused-ring (bicyclic) bond motifs is 2. The summed E-state index contributed by atoms with van der Waals surface area (Å²) in [6.07, 6.45) is 1.25. The van der Waals surface area contributed by atoms with Gasteiger partial charge < -0.3 is 4.74 Å². The zero-order chi connectivity index (χ0) is 18.3. The highest BCUT2D eigenvalue weighted by Crippen LogP contribution is 2.36. The Kier molecular flexibility index (Phi) is 4.25. The lowest BCUT2D eigenvalue weighted by Crippen LogP contribution is -2.17. The Bertz CT molecular complexity index is 1030. The minimum Gasteiger partial charge on any atom is -0.459 e. The highest BCUT2D eigenvalue weighted by Gasteiger charge is 2.39. The molecule has 26 heavy (non-hydrogen) atoms. The molecule has 2 nitrogen and oxygen atoms in total. The van der Waals surface area contributed by atoms with Gasteiger partial charge in [-0.3, -0.25) is 4.79 Å². The average Bonchev–Trinajstić information content (AvgIpc) is 2.89. The minimum absolute atomic E-state index is 0.130. The topological polar surface area (TPSA) is 26.3 Å². The molecule has 1 aliphatic heterocycles. The molecular weight excluding hydrogens is 388 g/mol. The summed E-state index contributed by atoms with van der Waals surface area (Å²) in [7, 11) is 0. The van der Waals surface area contributed by atoms with E-state index in [0.29, 0.717) is 6.42 Å². The minimum atomic E-state index is -0.375. The van der Waals surface area contributed by atoms with Crippen LogP contribution in [0.3, 0.4) is 0 Å². The molecule has 0 aromatic heterocycles. The maximum absolute atomic E-state index is 12.0. The standard InChI is InChI=1S/C23H19BrO2/c1-23(2)14-15(22(25)26-23)8-7-13-16-17-9-3-5-11-19(17)21(24)20-12-6-4-10-18(16)20/h3-6,9-12,15H,8,14H2,1-2H3. The van der Waals surface area contributed by atoms with Gasteiger partial charge in [0.05, 0.1) is 5.92 Å². The van der Waals surface area contributed by atoms with Crippen LogP contribution in [-0.2, 0) is 9.53 Å². The molecule has 1 atom stereocenters. The van der Waals surface area contributed by atoms with Crippen LogP contribution in [0.5, 0.6) is 0 Å². The van der Waals surface area contributed by atoms with Crippen molar-refractivity contribution in [3.63, 3.8) is 0 Å². The molecule has 0 amide bonds. The Labute approximate surface area is 161 Å². The van der Waals surface area contributed by atoms with E-state index in [4.69, 9.17) is 4.74 Å². The molecule has 0 radical (unpaired) electrons. The summed E-state index contributed by atoms with van der Waals surface area (Å²) in [5, 5.41) is 4.55. The molecule has 0 aliphatic carbocycles. The van der Waals surface area contributed by atoms with Gasteiger partial charge >= 0.3 is 5.97 Å². The molecule has 0 saturated carbocycles. The average molecular weight is 407 g/mol. The van der Waals surface area contributed by atoms with Gasteiger partial charge in [0.15, 0.2) is 0 Å². The zero-order valence-electron chi connectivity index (χ0n) is 14.8. The van der Waals surface area contributed by atoms with Gasteiger partial charge in [0, 0.05) is 22.9 Å². The van der Waals surface area contributed by atoms with Crippen LogP contribution in [0.4, 0.5) is 0 Å². The number of halogens is 1. The molecule has 4 rings (SSSR count). The number of carbonyl (C=O) groups excluding carboxylic acids is 1. The summed E-state index contributed by atoms with van der Waals surface area (Å²) >= 11 is 3.75. The predicted octanol–water partition coefficient (Wildman–Crippen LogP) is 5.84. The van der Waals surface area contributed by atoms with Crippen molar-refractivity contribution in [2.24, 2.45) is 5.92 Å². The second kappa shape index (κ2) is 6.45. The van der Waals surface area contributed by atoms with Gasteiger partial charge in [-0.05, 0) is 51.3 Å². The summed E-state index contributed by atoms with van der Waals surface area (Å²) in [6.45, 7) is 3.90. The third kappa shape index (κ3) is 2.99. The van der Waals surface area contributed by atoms with E-state index < -0.39 is 0 Å². The first-order valence-corrected chi connectivity index (χ1v) is 9.56. The van der Waals surface area contributed by atoms with Gasteiger partial charge in [-0.15, -0.1) is 0 Å². The van der Waals surface area contributed by atoms with Crippen molar-refractivity contribution >= 4 is 43.4 Å². The third-order valence-corrected chi connectivity index (χ3v) is 5.73. The molecule has 0 N–H and O–H groups in total. The van der Waals surface area contributed by atoms with Crippen LogP contribution in [-0.4, -0.2) is 11.6 Å². The second-order valence-corrected chi connectivity index (χ2v) is 8.16. The molecule has 1 heterocycles. The van der Waals surface area contributed by atoms with Gasteiger partial charge in [0.25, 0.3) is 0 Å². The first-order valence-electron chi connectivity index (χ1n) is 8.77. The zero-order valence-corrected chi connectivity index (χ0v) is 16.4. The van der Waals surface area contributed by atoms with E-state index in [-0.39, 0.29) is 17.5 Å². The Morgan fingerprint density at radius 2 is 1.58 bits per heavy atom. The highest BCUT2D eigenvalue weighted by molar-refractivity contribution is 9.10. The van der Waals surface area contributed by atoms with Crippen molar-refractivity contribution in [2.45, 2.75) is 32.3 Å². The first kappa shape index (κ1) is 17.1. The van der Waals surface area contributed by atoms with Crippen LogP contribution in [0.15, 0.2) is 53.0 Å². The largest absolute Gasteiger partial charge is 0.459 e. The lowest BCUT2D eigenvalue weighted by molar-refractivity contribution is -0.148. The first-order chi connectivity index (χ1) is 12.5. The fourth-order valence-electron chi connectivity index (χ4n) is 3.70. The Morgan fingerprint density at radius 3 is 2.08 bits per heavy atom. The van der Waals surface area contributed by atoms with Crippen molar-refractivity contribution in [3.8, 4) is 11.8 Å². The monoisotopic (exact) mass is 406 g/mol. The molecule has 3 aromatic carbocycles. The van der Waals surface area contributed by atoms with Gasteiger partial charge in [-0.25, -0.2) is 0 Å². The van der Waals surface area contributed by atoms with E-state index in [1.54, 1.807) is 0 Å². The number of ether oxygens (including phenoxy) is 1. The van der Waals surface area contributed by atoms with Gasteiger partial charge in [0.1, 0.15) is 5.60 Å². The van der Waals surface area contributed by atoms with Crippen molar-refractivity contribution in [1.29, 1.82) is 0 Å². The number of hydrogen-bond acceptors (Lipinski definition) is 2. The number of benzene rings is 3. The molecule has 1 unspecified atom stereocenters. The normalized spacial score (nSPS) is 18.6. The molecular formula is C23H19BrO2. The summed E-state index contributed by atoms with van der Waals surface area (Å²) in [4.78, 5) is 12.0. The Hall–Kier alpha value is -2.31. The number of cyclic esters (lactones) is 1. The summed E-state index contributed by atoms with van der Waals surface area (Å²) in [5.74, 6) is 6.34. The van der Waals surface area contributed by atoms with E-state index in [1.807, 2.05) is 38.1 Å². The van der Waals surface area contributed by atoms with Crippen molar-refractivity contribution in [1.82, 2.24) is 0 Å². The van der Waals surface area contributed by atoms with Crippen LogP contribution in [0.2, 0.25) is 0 Å². The second-order valence-electron chi connectivity index (χ2n) is 7.37. The van der Waals surface area contributed by atoms with E-state index in [9.17, 15) is 4.79 Å². The molecule has 0 spiro atoms. The van der Waals surface area contributed by atoms with Gasteiger partial charge in [-0.2, -0.15) is 0 Å². The molecule has 3 heteroatoms. The maximum Gasteiger partial charge on any atom is 0.310 e. The van der Waals surface area contributed by atoms with E-state index in [0.717, 1.165) is 38.0 Å². The summed E-state index contributed by atoms with van der Waals surface area (Å²) in [5.41, 5.74) is 0.644. The molecule has 1 aliphatic rings. The molecule has 0 bridgehead atoms. The SMILES string of the molecule is CC1(C)CC(CC#Cc2c3ccccc3c(Br)c3ccccc23)C(=O)O1. The van der Waals surface area contributed by atoms with Crippen LogP contribution >= 0.6 is 15.9 Å². The van der Waals surface area contributed by atoms with E-state index in [2.05, 4.69) is 52.0 Å². The molecule has 3 aromatic rings. The van der Waals surface area contributed by atoms with Crippen LogP contribution < -0.4 is 0 Å². The smallest absolute Gasteiger partial charge is 0.310 e. The lowest BCUT2D eigenvalue weighted by atomic mass is 9.94. The fourth-order valence-corrected chi connectivity index (χ4v) is 4.39. The number of hydrogen-bond donors (Lipinski definition) is 0. The van der Waals surface area contributed by atoms with Crippen molar-refractivity contribution < 1.29 is 9.53 Å². The van der Waals surface area contributed by atoms with Crippen LogP contribution in [0, 0.1) is 17.8 Å². The van der Waals surface area contributed by atoms with Crippen molar-refractivity contribution in [3.05, 3.63) is 58.6 Å². The molecule has 1 saturated heterocycles. The summed E-state index contributed by atoms with van der Waals surface area (Å²) in [6, 6.07) is 16.6. The third-order valence-electron chi connectivity index (χ3n) is 4.88. The van der Waals surface area contributed by atoms with Crippen molar-refractivity contribution in [2.75, 3.05) is 0 Å². The van der Waals surface area contributed by atoms with Crippen LogP contribution in [0.25, 0.3) is 21.5 Å². The number of esters is 1. The summed E-state index contributed by atoms with van der Waals surface area (Å²) < 4.78 is 6.50. The Morgan fingerprint density at radius 1 is 1.04 bits per heavy atom.